The Hall–Kier alpha value is -0.193. The molecule has 4 heteroatoms. The lowest BCUT2D eigenvalue weighted by Gasteiger charge is -2.31. The third kappa shape index (κ3) is 6.11. The van der Waals surface area contributed by atoms with E-state index in [0.29, 0.717) is 19.1 Å². The van der Waals surface area contributed by atoms with Crippen molar-refractivity contribution in [3.8, 4) is 0 Å². The maximum Gasteiger partial charge on any atom is 0.360 e. The van der Waals surface area contributed by atoms with Crippen LogP contribution < -0.4 is 0 Å². The summed E-state index contributed by atoms with van der Waals surface area (Å²) in [6.45, 7) is 16.3. The first-order valence-corrected chi connectivity index (χ1v) is 9.60. The Morgan fingerprint density at radius 2 is 1.61 bits per heavy atom. The minimum absolute atomic E-state index is 0.205. The number of aliphatic imine (C=N–C) groups is 1. The van der Waals surface area contributed by atoms with Crippen molar-refractivity contribution in [2.24, 2.45) is 10.9 Å². The van der Waals surface area contributed by atoms with E-state index in [-0.39, 0.29) is 5.67 Å². The van der Waals surface area contributed by atoms with E-state index in [4.69, 9.17) is 13.8 Å². The maximum atomic E-state index is 5.94. The van der Waals surface area contributed by atoms with Gasteiger partial charge in [-0.05, 0) is 46.1 Å². The van der Waals surface area contributed by atoms with E-state index in [2.05, 4.69) is 34.2 Å². The molecule has 0 aliphatic rings. The van der Waals surface area contributed by atoms with Gasteiger partial charge in [0, 0.05) is 18.9 Å². The van der Waals surface area contributed by atoms with Gasteiger partial charge in [0.2, 0.25) is 0 Å². The van der Waals surface area contributed by atoms with Crippen LogP contribution in [-0.4, -0.2) is 33.2 Å². The molecule has 0 spiro atoms. The van der Waals surface area contributed by atoms with Gasteiger partial charge in [-0.15, -0.1) is 0 Å². The fraction of sp³-hybridized carbons (Fsp3) is 0.929. The minimum Gasteiger partial charge on any atom is -0.393 e. The molecule has 0 amide bonds. The molecular formula is C14H31NO2Si. The van der Waals surface area contributed by atoms with Gasteiger partial charge >= 0.3 is 8.56 Å². The lowest BCUT2D eigenvalue weighted by atomic mass is 10.1. The first-order chi connectivity index (χ1) is 8.39. The van der Waals surface area contributed by atoms with Gasteiger partial charge in [-0.25, -0.2) is 0 Å². The normalized spacial score (nSPS) is 15.2. The van der Waals surface area contributed by atoms with Crippen molar-refractivity contribution in [1.82, 2.24) is 0 Å². The second-order valence-electron chi connectivity index (χ2n) is 5.27. The van der Waals surface area contributed by atoms with Crippen LogP contribution in [0.4, 0.5) is 0 Å². The predicted octanol–water partition coefficient (Wildman–Crippen LogP) is 3.96. The van der Waals surface area contributed by atoms with E-state index in [1.807, 2.05) is 13.8 Å². The molecule has 0 saturated heterocycles. The van der Waals surface area contributed by atoms with Gasteiger partial charge in [-0.2, -0.15) is 0 Å². The van der Waals surface area contributed by atoms with Gasteiger partial charge in [0.1, 0.15) is 0 Å². The summed E-state index contributed by atoms with van der Waals surface area (Å²) in [5.41, 5.74) is 1.42. The molecule has 108 valence electrons. The summed E-state index contributed by atoms with van der Waals surface area (Å²) in [5.74, 6) is 0.651. The standard InChI is InChI=1S/C14H31NO2Si/c1-8-14(15-13(6)11-12(4)5)18(7,16-9-2)17-10-3/h12,14H,8-11H2,1-7H3. The van der Waals surface area contributed by atoms with Gasteiger partial charge in [0.05, 0.1) is 5.67 Å². The molecule has 1 atom stereocenters. The van der Waals surface area contributed by atoms with Crippen molar-refractivity contribution in [2.75, 3.05) is 13.2 Å². The van der Waals surface area contributed by atoms with Crippen LogP contribution in [0.2, 0.25) is 6.55 Å². The van der Waals surface area contributed by atoms with E-state index in [1.165, 1.54) is 5.71 Å². The molecule has 0 aromatic heterocycles. The van der Waals surface area contributed by atoms with Gasteiger partial charge in [-0.1, -0.05) is 20.8 Å². The molecule has 0 aliphatic carbocycles. The van der Waals surface area contributed by atoms with Crippen LogP contribution in [0.15, 0.2) is 4.99 Å². The number of hydrogen-bond acceptors (Lipinski definition) is 3. The van der Waals surface area contributed by atoms with Crippen molar-refractivity contribution in [3.63, 3.8) is 0 Å². The second-order valence-corrected chi connectivity index (χ2v) is 8.54. The summed E-state index contributed by atoms with van der Waals surface area (Å²) in [7, 11) is -2.18. The number of rotatable bonds is 9. The SMILES string of the molecule is CCO[Si](C)(OCC)C(CC)N=C(C)CC(C)C. The average molecular weight is 273 g/mol. The Labute approximate surface area is 114 Å². The topological polar surface area (TPSA) is 30.8 Å². The molecular weight excluding hydrogens is 242 g/mol. The molecule has 0 aromatic carbocycles. The zero-order chi connectivity index (χ0) is 14.2. The average Bonchev–Trinajstić information content (AvgIpc) is 2.25. The fourth-order valence-electron chi connectivity index (χ4n) is 2.30. The zero-order valence-electron chi connectivity index (χ0n) is 13.2. The largest absolute Gasteiger partial charge is 0.393 e. The molecule has 0 fully saturated rings. The lowest BCUT2D eigenvalue weighted by molar-refractivity contribution is 0.179. The van der Waals surface area contributed by atoms with Crippen molar-refractivity contribution in [3.05, 3.63) is 0 Å². The molecule has 0 aliphatic heterocycles. The quantitative estimate of drug-likeness (QED) is 0.470. The van der Waals surface area contributed by atoms with Crippen LogP contribution in [0.5, 0.6) is 0 Å². The first-order valence-electron chi connectivity index (χ1n) is 7.20. The Balaban J connectivity index is 4.89. The van der Waals surface area contributed by atoms with Crippen LogP contribution in [-0.2, 0) is 8.85 Å². The highest BCUT2D eigenvalue weighted by Crippen LogP contribution is 2.20. The second kappa shape index (κ2) is 8.83. The summed E-state index contributed by atoms with van der Waals surface area (Å²) >= 11 is 0. The molecule has 0 radical (unpaired) electrons. The van der Waals surface area contributed by atoms with Crippen molar-refractivity contribution in [1.29, 1.82) is 0 Å². The first kappa shape index (κ1) is 17.8. The lowest BCUT2D eigenvalue weighted by Crippen LogP contribution is -2.50. The Morgan fingerprint density at radius 1 is 1.11 bits per heavy atom. The molecule has 0 rings (SSSR count). The van der Waals surface area contributed by atoms with E-state index in [9.17, 15) is 0 Å². The molecule has 0 bridgehead atoms. The van der Waals surface area contributed by atoms with Gasteiger partial charge in [0.15, 0.2) is 0 Å². The Morgan fingerprint density at radius 3 is 1.94 bits per heavy atom. The predicted molar refractivity (Wildman–Crippen MR) is 81.5 cm³/mol. The van der Waals surface area contributed by atoms with Crippen LogP contribution in [0.3, 0.4) is 0 Å². The van der Waals surface area contributed by atoms with Gasteiger partial charge in [-0.3, -0.25) is 4.99 Å². The molecule has 3 nitrogen and oxygen atoms in total. The molecule has 0 saturated carbocycles. The summed E-state index contributed by atoms with van der Waals surface area (Å²) in [5, 5.41) is 0. The van der Waals surface area contributed by atoms with Crippen molar-refractivity contribution < 1.29 is 8.85 Å². The summed E-state index contributed by atoms with van der Waals surface area (Å²) in [6, 6.07) is 0. The highest BCUT2D eigenvalue weighted by Gasteiger charge is 2.39. The van der Waals surface area contributed by atoms with Gasteiger partial charge in [0.25, 0.3) is 0 Å². The third-order valence-electron chi connectivity index (χ3n) is 2.93. The Kier molecular flexibility index (Phi) is 8.74. The maximum absolute atomic E-state index is 5.94. The minimum atomic E-state index is -2.18. The third-order valence-corrected chi connectivity index (χ3v) is 6.41. The summed E-state index contributed by atoms with van der Waals surface area (Å²) < 4.78 is 11.9. The number of hydrogen-bond donors (Lipinski definition) is 0. The monoisotopic (exact) mass is 273 g/mol. The fourth-order valence-corrected chi connectivity index (χ4v) is 5.11. The molecule has 0 N–H and O–H groups in total. The van der Waals surface area contributed by atoms with Crippen LogP contribution in [0.25, 0.3) is 0 Å². The molecule has 18 heavy (non-hydrogen) atoms. The molecule has 1 unspecified atom stereocenters. The van der Waals surface area contributed by atoms with E-state index in [0.717, 1.165) is 12.8 Å². The van der Waals surface area contributed by atoms with Crippen molar-refractivity contribution in [2.45, 2.75) is 66.6 Å². The van der Waals surface area contributed by atoms with E-state index in [1.54, 1.807) is 0 Å². The zero-order valence-corrected chi connectivity index (χ0v) is 14.2. The smallest absolute Gasteiger partial charge is 0.360 e. The van der Waals surface area contributed by atoms with Crippen molar-refractivity contribution >= 4 is 14.3 Å². The van der Waals surface area contributed by atoms with Crippen LogP contribution >= 0.6 is 0 Å². The summed E-state index contributed by atoms with van der Waals surface area (Å²) in [6.07, 6.45) is 2.04. The number of nitrogens with zero attached hydrogens (tertiary/aromatic N) is 1. The highest BCUT2D eigenvalue weighted by atomic mass is 28.4. The van der Waals surface area contributed by atoms with Crippen LogP contribution in [0.1, 0.15) is 54.4 Å². The molecule has 0 heterocycles. The van der Waals surface area contributed by atoms with Gasteiger partial charge < -0.3 is 8.85 Å². The van der Waals surface area contributed by atoms with E-state index >= 15 is 0 Å². The highest BCUT2D eigenvalue weighted by molar-refractivity contribution is 6.67. The van der Waals surface area contributed by atoms with E-state index < -0.39 is 8.56 Å². The summed E-state index contributed by atoms with van der Waals surface area (Å²) in [4.78, 5) is 4.87. The Bertz CT molecular complexity index is 248. The van der Waals surface area contributed by atoms with Crippen LogP contribution in [0, 0.1) is 5.92 Å². The molecule has 0 aromatic rings.